The van der Waals surface area contributed by atoms with Gasteiger partial charge >= 0.3 is 0 Å². The van der Waals surface area contributed by atoms with Crippen LogP contribution in [-0.2, 0) is 20.9 Å². The molecule has 1 atom stereocenters. The Kier molecular flexibility index (Phi) is 6.70. The van der Waals surface area contributed by atoms with Crippen molar-refractivity contribution in [1.29, 1.82) is 0 Å². The van der Waals surface area contributed by atoms with E-state index in [1.165, 1.54) is 16.7 Å². The monoisotopic (exact) mass is 549 g/mol. The molecule has 9 heteroatoms. The molecule has 0 spiro atoms. The average molecular weight is 550 g/mol. The maximum atomic E-state index is 13.4. The van der Waals surface area contributed by atoms with Crippen LogP contribution < -0.4 is 4.90 Å². The lowest BCUT2D eigenvalue weighted by atomic mass is 10.1. The van der Waals surface area contributed by atoms with Crippen LogP contribution in [0.5, 0.6) is 0 Å². The fourth-order valence-corrected chi connectivity index (χ4v) is 4.98. The minimum Gasteiger partial charge on any atom is -0.431 e. The zero-order valence-corrected chi connectivity index (χ0v) is 20.9. The van der Waals surface area contributed by atoms with Gasteiger partial charge < -0.3 is 9.32 Å². The van der Waals surface area contributed by atoms with Crippen molar-refractivity contribution >= 4 is 62.2 Å². The molecule has 35 heavy (non-hydrogen) atoms. The molecular formula is C26H20BrN3O4S. The average Bonchev–Trinajstić information content (AvgIpc) is 3.42. The van der Waals surface area contributed by atoms with Crippen molar-refractivity contribution in [3.63, 3.8) is 0 Å². The van der Waals surface area contributed by atoms with Crippen LogP contribution >= 0.6 is 27.7 Å². The standard InChI is InChI=1S/C26H20BrN3O4S/c27-18-10-12-19(13-11-18)30-23(31)14-21(25(30)33)29(15-17-6-2-1-3-7-17)24(32)16-35-26-28-20-8-4-5-9-22(20)34-26/h1-13,21H,14-16H2. The molecule has 1 aliphatic heterocycles. The van der Waals surface area contributed by atoms with Gasteiger partial charge in [-0.15, -0.1) is 0 Å². The third-order valence-corrected chi connectivity index (χ3v) is 7.03. The van der Waals surface area contributed by atoms with Gasteiger partial charge in [-0.25, -0.2) is 9.88 Å². The van der Waals surface area contributed by atoms with Gasteiger partial charge in [0.25, 0.3) is 11.1 Å². The normalized spacial score (nSPS) is 15.7. The summed E-state index contributed by atoms with van der Waals surface area (Å²) in [5.74, 6) is -0.992. The van der Waals surface area contributed by atoms with E-state index in [4.69, 9.17) is 4.42 Å². The van der Waals surface area contributed by atoms with Gasteiger partial charge in [0.15, 0.2) is 5.58 Å². The molecule has 0 aliphatic carbocycles. The fraction of sp³-hybridized carbons (Fsp3) is 0.154. The molecule has 4 aromatic rings. The Labute approximate surface area is 214 Å². The number of fused-ring (bicyclic) bond motifs is 1. The number of amides is 3. The van der Waals surface area contributed by atoms with Crippen molar-refractivity contribution in [2.24, 2.45) is 0 Å². The number of benzene rings is 3. The summed E-state index contributed by atoms with van der Waals surface area (Å²) in [6, 6.07) is 22.9. The summed E-state index contributed by atoms with van der Waals surface area (Å²) in [6.45, 7) is 0.214. The van der Waals surface area contributed by atoms with E-state index >= 15 is 0 Å². The number of imide groups is 1. The minimum absolute atomic E-state index is 0.0237. The highest BCUT2D eigenvalue weighted by molar-refractivity contribution is 9.10. The lowest BCUT2D eigenvalue weighted by Crippen LogP contribution is -2.45. The summed E-state index contributed by atoms with van der Waals surface area (Å²) < 4.78 is 6.55. The number of carbonyl (C=O) groups is 3. The molecular weight excluding hydrogens is 530 g/mol. The second-order valence-electron chi connectivity index (χ2n) is 8.01. The maximum Gasteiger partial charge on any atom is 0.257 e. The van der Waals surface area contributed by atoms with Gasteiger partial charge in [-0.05, 0) is 42.0 Å². The van der Waals surface area contributed by atoms with Crippen LogP contribution in [0.2, 0.25) is 0 Å². The molecule has 1 fully saturated rings. The zero-order valence-electron chi connectivity index (χ0n) is 18.5. The first-order valence-corrected chi connectivity index (χ1v) is 12.7. The first-order chi connectivity index (χ1) is 17.0. The summed E-state index contributed by atoms with van der Waals surface area (Å²) in [5.41, 5.74) is 2.71. The Balaban J connectivity index is 1.38. The van der Waals surface area contributed by atoms with Gasteiger partial charge in [0.05, 0.1) is 17.9 Å². The van der Waals surface area contributed by atoms with E-state index < -0.39 is 11.9 Å². The third kappa shape index (κ3) is 5.01. The van der Waals surface area contributed by atoms with Gasteiger partial charge in [-0.3, -0.25) is 14.4 Å². The lowest BCUT2D eigenvalue weighted by molar-refractivity contribution is -0.136. The first-order valence-electron chi connectivity index (χ1n) is 10.9. The number of rotatable bonds is 7. The Morgan fingerprint density at radius 2 is 1.74 bits per heavy atom. The molecule has 5 rings (SSSR count). The number of nitrogens with zero attached hydrogens (tertiary/aromatic N) is 3. The van der Waals surface area contributed by atoms with E-state index in [1.54, 1.807) is 24.3 Å². The summed E-state index contributed by atoms with van der Waals surface area (Å²) in [7, 11) is 0. The second kappa shape index (κ2) is 10.1. The number of hydrogen-bond acceptors (Lipinski definition) is 6. The van der Waals surface area contributed by atoms with Crippen molar-refractivity contribution in [3.05, 3.63) is 88.9 Å². The highest BCUT2D eigenvalue weighted by Gasteiger charge is 2.44. The summed E-state index contributed by atoms with van der Waals surface area (Å²) in [4.78, 5) is 46.7. The van der Waals surface area contributed by atoms with E-state index in [0.29, 0.717) is 22.0 Å². The molecule has 7 nitrogen and oxygen atoms in total. The molecule has 1 saturated heterocycles. The van der Waals surface area contributed by atoms with Crippen molar-refractivity contribution in [2.75, 3.05) is 10.7 Å². The van der Waals surface area contributed by atoms with E-state index in [1.807, 2.05) is 54.6 Å². The van der Waals surface area contributed by atoms with Gasteiger partial charge in [-0.1, -0.05) is 70.2 Å². The van der Waals surface area contributed by atoms with E-state index in [2.05, 4.69) is 20.9 Å². The van der Waals surface area contributed by atoms with E-state index in [-0.39, 0.29) is 30.5 Å². The van der Waals surface area contributed by atoms with Crippen LogP contribution in [0.4, 0.5) is 5.69 Å². The van der Waals surface area contributed by atoms with Gasteiger partial charge in [0.2, 0.25) is 11.8 Å². The number of anilines is 1. The number of aromatic nitrogens is 1. The molecule has 0 radical (unpaired) electrons. The SMILES string of the molecule is O=C1CC(N(Cc2ccccc2)C(=O)CSc2nc3ccccc3o2)C(=O)N1c1ccc(Br)cc1. The molecule has 3 amide bonds. The van der Waals surface area contributed by atoms with Gasteiger partial charge in [-0.2, -0.15) is 0 Å². The van der Waals surface area contributed by atoms with E-state index in [9.17, 15) is 14.4 Å². The number of carbonyl (C=O) groups excluding carboxylic acids is 3. The smallest absolute Gasteiger partial charge is 0.257 e. The Morgan fingerprint density at radius 3 is 2.49 bits per heavy atom. The Morgan fingerprint density at radius 1 is 1.03 bits per heavy atom. The van der Waals surface area contributed by atoms with E-state index in [0.717, 1.165) is 14.9 Å². The highest BCUT2D eigenvalue weighted by Crippen LogP contribution is 2.29. The minimum atomic E-state index is -0.886. The number of hydrogen-bond donors (Lipinski definition) is 0. The van der Waals surface area contributed by atoms with Crippen LogP contribution in [0, 0.1) is 0 Å². The molecule has 0 saturated carbocycles. The third-order valence-electron chi connectivity index (χ3n) is 5.69. The zero-order chi connectivity index (χ0) is 24.4. The molecule has 1 aromatic heterocycles. The number of halogens is 1. The largest absolute Gasteiger partial charge is 0.431 e. The molecule has 0 N–H and O–H groups in total. The summed E-state index contributed by atoms with van der Waals surface area (Å²) >= 11 is 4.54. The van der Waals surface area contributed by atoms with Gasteiger partial charge in [0.1, 0.15) is 11.6 Å². The molecule has 0 bridgehead atoms. The van der Waals surface area contributed by atoms with Crippen LogP contribution in [0.25, 0.3) is 11.1 Å². The first kappa shape index (κ1) is 23.3. The van der Waals surface area contributed by atoms with Crippen LogP contribution in [0.15, 0.2) is 93.0 Å². The van der Waals surface area contributed by atoms with Gasteiger partial charge in [0, 0.05) is 11.0 Å². The maximum absolute atomic E-state index is 13.4. The molecule has 3 aromatic carbocycles. The number of thioether (sulfide) groups is 1. The fourth-order valence-electron chi connectivity index (χ4n) is 3.99. The van der Waals surface area contributed by atoms with Crippen molar-refractivity contribution in [2.45, 2.75) is 24.2 Å². The van der Waals surface area contributed by atoms with Crippen LogP contribution in [0.1, 0.15) is 12.0 Å². The van der Waals surface area contributed by atoms with Crippen molar-refractivity contribution in [1.82, 2.24) is 9.88 Å². The molecule has 1 aliphatic rings. The number of para-hydroxylation sites is 2. The van der Waals surface area contributed by atoms with Crippen molar-refractivity contribution in [3.8, 4) is 0 Å². The Bertz CT molecular complexity index is 1360. The van der Waals surface area contributed by atoms with Crippen LogP contribution in [0.3, 0.4) is 0 Å². The predicted molar refractivity (Wildman–Crippen MR) is 137 cm³/mol. The molecule has 2 heterocycles. The molecule has 1 unspecified atom stereocenters. The lowest BCUT2D eigenvalue weighted by Gasteiger charge is -2.27. The van der Waals surface area contributed by atoms with Crippen LogP contribution in [-0.4, -0.2) is 39.4 Å². The van der Waals surface area contributed by atoms with Crippen molar-refractivity contribution < 1.29 is 18.8 Å². The highest BCUT2D eigenvalue weighted by atomic mass is 79.9. The summed E-state index contributed by atoms with van der Waals surface area (Å²) in [6.07, 6.45) is -0.0684. The quantitative estimate of drug-likeness (QED) is 0.237. The molecule has 176 valence electrons. The second-order valence-corrected chi connectivity index (χ2v) is 9.85. The Hall–Kier alpha value is -3.43. The predicted octanol–water partition coefficient (Wildman–Crippen LogP) is 5.04. The topological polar surface area (TPSA) is 83.7 Å². The number of oxazole rings is 1. The summed E-state index contributed by atoms with van der Waals surface area (Å²) in [5, 5.41) is 0.379.